The van der Waals surface area contributed by atoms with Crippen molar-refractivity contribution in [3.05, 3.63) is 29.8 Å². The van der Waals surface area contributed by atoms with E-state index in [1.165, 1.54) is 12.1 Å². The minimum atomic E-state index is -1.01. The fraction of sp³-hybridized carbons (Fsp3) is 0.462. The highest BCUT2D eigenvalue weighted by molar-refractivity contribution is 5.92. The Hall–Kier alpha value is -1.49. The summed E-state index contributed by atoms with van der Waals surface area (Å²) in [6, 6.07) is 4.15. The van der Waals surface area contributed by atoms with Crippen LogP contribution in [0.15, 0.2) is 18.2 Å². The smallest absolute Gasteiger partial charge is 0.228 e. The second kappa shape index (κ2) is 5.44. The second-order valence-electron chi connectivity index (χ2n) is 4.67. The van der Waals surface area contributed by atoms with Gasteiger partial charge in [-0.2, -0.15) is 0 Å². The number of anilines is 1. The Kier molecular flexibility index (Phi) is 3.91. The van der Waals surface area contributed by atoms with E-state index in [4.69, 9.17) is 0 Å². The zero-order valence-electron chi connectivity index (χ0n) is 10.2. The van der Waals surface area contributed by atoms with Crippen molar-refractivity contribution >= 4 is 11.6 Å². The highest BCUT2D eigenvalue weighted by atomic mass is 19.2. The van der Waals surface area contributed by atoms with Crippen molar-refractivity contribution < 1.29 is 13.6 Å². The molecule has 1 fully saturated rings. The van der Waals surface area contributed by atoms with Crippen LogP contribution in [0.4, 0.5) is 14.5 Å². The van der Waals surface area contributed by atoms with Gasteiger partial charge in [-0.15, -0.1) is 0 Å². The molecular formula is C13H16F2N2O. The molecule has 18 heavy (non-hydrogen) atoms. The van der Waals surface area contributed by atoms with E-state index in [2.05, 4.69) is 17.6 Å². The van der Waals surface area contributed by atoms with E-state index in [-0.39, 0.29) is 17.5 Å². The van der Waals surface area contributed by atoms with E-state index in [1.54, 1.807) is 0 Å². The standard InChI is InChI=1S/C13H16F2N2O/c1-8-5-6-9(7-16-8)13(18)17-11-4-2-3-10(14)12(11)15/h2-4,8-9,16H,5-7H2,1H3,(H,17,18). The van der Waals surface area contributed by atoms with E-state index in [0.29, 0.717) is 12.6 Å². The molecule has 1 aromatic rings. The average molecular weight is 254 g/mol. The molecule has 5 heteroatoms. The first-order valence-electron chi connectivity index (χ1n) is 6.06. The van der Waals surface area contributed by atoms with E-state index in [0.717, 1.165) is 18.9 Å². The Morgan fingerprint density at radius 1 is 1.39 bits per heavy atom. The molecule has 1 heterocycles. The van der Waals surface area contributed by atoms with Crippen LogP contribution in [-0.4, -0.2) is 18.5 Å². The molecule has 0 radical (unpaired) electrons. The topological polar surface area (TPSA) is 41.1 Å². The summed E-state index contributed by atoms with van der Waals surface area (Å²) >= 11 is 0. The fourth-order valence-corrected chi connectivity index (χ4v) is 2.06. The summed E-state index contributed by atoms with van der Waals surface area (Å²) in [5.41, 5.74) is -0.0985. The van der Waals surface area contributed by atoms with Crippen molar-refractivity contribution in [2.75, 3.05) is 11.9 Å². The van der Waals surface area contributed by atoms with Gasteiger partial charge in [0.1, 0.15) is 0 Å². The van der Waals surface area contributed by atoms with Gasteiger partial charge < -0.3 is 10.6 Å². The van der Waals surface area contributed by atoms with Gasteiger partial charge in [0, 0.05) is 12.6 Å². The predicted octanol–water partition coefficient (Wildman–Crippen LogP) is 2.29. The molecule has 1 saturated heterocycles. The number of benzene rings is 1. The molecule has 2 N–H and O–H groups in total. The van der Waals surface area contributed by atoms with Crippen LogP contribution in [-0.2, 0) is 4.79 Å². The number of piperidine rings is 1. The van der Waals surface area contributed by atoms with E-state index < -0.39 is 11.6 Å². The van der Waals surface area contributed by atoms with Gasteiger partial charge in [0.25, 0.3) is 0 Å². The number of hydrogen-bond acceptors (Lipinski definition) is 2. The minimum Gasteiger partial charge on any atom is -0.323 e. The highest BCUT2D eigenvalue weighted by Gasteiger charge is 2.24. The molecule has 98 valence electrons. The summed E-state index contributed by atoms with van der Waals surface area (Å²) < 4.78 is 26.4. The van der Waals surface area contributed by atoms with Gasteiger partial charge in [0.05, 0.1) is 11.6 Å². The first kappa shape index (κ1) is 13.0. The van der Waals surface area contributed by atoms with Crippen LogP contribution in [0.25, 0.3) is 0 Å². The van der Waals surface area contributed by atoms with Crippen molar-refractivity contribution in [3.63, 3.8) is 0 Å². The average Bonchev–Trinajstić information content (AvgIpc) is 2.36. The van der Waals surface area contributed by atoms with Crippen LogP contribution in [0, 0.1) is 17.6 Å². The molecule has 2 unspecified atom stereocenters. The van der Waals surface area contributed by atoms with Crippen LogP contribution in [0.1, 0.15) is 19.8 Å². The minimum absolute atomic E-state index is 0.0985. The number of carbonyl (C=O) groups excluding carboxylic acids is 1. The van der Waals surface area contributed by atoms with Gasteiger partial charge in [-0.1, -0.05) is 6.07 Å². The molecule has 2 rings (SSSR count). The van der Waals surface area contributed by atoms with Crippen LogP contribution in [0.5, 0.6) is 0 Å². The molecule has 0 aromatic heterocycles. The summed E-state index contributed by atoms with van der Waals surface area (Å²) in [4.78, 5) is 11.9. The molecular weight excluding hydrogens is 238 g/mol. The quantitative estimate of drug-likeness (QED) is 0.850. The number of halogens is 2. The number of amides is 1. The zero-order valence-corrected chi connectivity index (χ0v) is 10.2. The van der Waals surface area contributed by atoms with Gasteiger partial charge >= 0.3 is 0 Å². The van der Waals surface area contributed by atoms with E-state index >= 15 is 0 Å². The van der Waals surface area contributed by atoms with Crippen molar-refractivity contribution in [2.45, 2.75) is 25.8 Å². The molecule has 1 aromatic carbocycles. The van der Waals surface area contributed by atoms with Gasteiger partial charge in [-0.3, -0.25) is 4.79 Å². The molecule has 1 amide bonds. The Morgan fingerprint density at radius 2 is 2.17 bits per heavy atom. The second-order valence-corrected chi connectivity index (χ2v) is 4.67. The maximum absolute atomic E-state index is 13.4. The molecule has 1 aliphatic heterocycles. The normalized spacial score (nSPS) is 23.7. The third-order valence-corrected chi connectivity index (χ3v) is 3.24. The van der Waals surface area contributed by atoms with Crippen LogP contribution in [0.2, 0.25) is 0 Å². The maximum atomic E-state index is 13.4. The van der Waals surface area contributed by atoms with Crippen LogP contribution >= 0.6 is 0 Å². The first-order chi connectivity index (χ1) is 8.58. The Morgan fingerprint density at radius 3 is 2.83 bits per heavy atom. The summed E-state index contributed by atoms with van der Waals surface area (Å²) in [5.74, 6) is -2.42. The Balaban J connectivity index is 2.01. The largest absolute Gasteiger partial charge is 0.323 e. The SMILES string of the molecule is CC1CCC(C(=O)Nc2cccc(F)c2F)CN1. The lowest BCUT2D eigenvalue weighted by atomic mass is 9.95. The predicted molar refractivity (Wildman–Crippen MR) is 65.2 cm³/mol. The van der Waals surface area contributed by atoms with Crippen LogP contribution in [0.3, 0.4) is 0 Å². The van der Waals surface area contributed by atoms with Crippen molar-refractivity contribution in [3.8, 4) is 0 Å². The molecule has 0 aliphatic carbocycles. The number of rotatable bonds is 2. The van der Waals surface area contributed by atoms with Crippen molar-refractivity contribution in [2.24, 2.45) is 5.92 Å². The highest BCUT2D eigenvalue weighted by Crippen LogP contribution is 2.20. The van der Waals surface area contributed by atoms with Crippen LogP contribution < -0.4 is 10.6 Å². The number of nitrogens with one attached hydrogen (secondary N) is 2. The van der Waals surface area contributed by atoms with E-state index in [1.807, 2.05) is 0 Å². The third-order valence-electron chi connectivity index (χ3n) is 3.24. The first-order valence-corrected chi connectivity index (χ1v) is 6.06. The lowest BCUT2D eigenvalue weighted by Crippen LogP contribution is -2.41. The fourth-order valence-electron chi connectivity index (χ4n) is 2.06. The molecule has 2 atom stereocenters. The molecule has 0 spiro atoms. The van der Waals surface area contributed by atoms with Crippen molar-refractivity contribution in [1.29, 1.82) is 0 Å². The van der Waals surface area contributed by atoms with Gasteiger partial charge in [-0.25, -0.2) is 8.78 Å². The number of carbonyl (C=O) groups is 1. The monoisotopic (exact) mass is 254 g/mol. The summed E-state index contributed by atoms with van der Waals surface area (Å²) in [6.45, 7) is 2.63. The van der Waals surface area contributed by atoms with Gasteiger partial charge in [0.15, 0.2) is 11.6 Å². The molecule has 0 saturated carbocycles. The maximum Gasteiger partial charge on any atom is 0.228 e. The lowest BCUT2D eigenvalue weighted by molar-refractivity contribution is -0.120. The Labute approximate surface area is 105 Å². The summed E-state index contributed by atoms with van der Waals surface area (Å²) in [5, 5.41) is 5.64. The number of hydrogen-bond donors (Lipinski definition) is 2. The Bertz CT molecular complexity index is 443. The van der Waals surface area contributed by atoms with Crippen molar-refractivity contribution in [1.82, 2.24) is 5.32 Å². The zero-order chi connectivity index (χ0) is 13.1. The molecule has 1 aliphatic rings. The van der Waals surface area contributed by atoms with Gasteiger partial charge in [-0.05, 0) is 31.9 Å². The lowest BCUT2D eigenvalue weighted by Gasteiger charge is -2.26. The van der Waals surface area contributed by atoms with Gasteiger partial charge in [0.2, 0.25) is 5.91 Å². The summed E-state index contributed by atoms with van der Waals surface area (Å²) in [6.07, 6.45) is 1.67. The summed E-state index contributed by atoms with van der Waals surface area (Å²) in [7, 11) is 0. The van der Waals surface area contributed by atoms with E-state index in [9.17, 15) is 13.6 Å². The molecule has 0 bridgehead atoms. The third kappa shape index (κ3) is 2.85. The molecule has 3 nitrogen and oxygen atoms in total.